The zero-order valence-corrected chi connectivity index (χ0v) is 10.9. The number of rotatable bonds is 9. The Balaban J connectivity index is 3.72. The van der Waals surface area contributed by atoms with Crippen molar-refractivity contribution in [1.29, 1.82) is 0 Å². The lowest BCUT2D eigenvalue weighted by Gasteiger charge is -2.16. The Morgan fingerprint density at radius 1 is 1.44 bits per heavy atom. The summed E-state index contributed by atoms with van der Waals surface area (Å²) < 4.78 is 16.3. The first kappa shape index (κ1) is 15.5. The first-order valence-electron chi connectivity index (χ1n) is 5.39. The summed E-state index contributed by atoms with van der Waals surface area (Å²) in [5, 5.41) is 0. The van der Waals surface area contributed by atoms with E-state index in [0.717, 1.165) is 12.8 Å². The van der Waals surface area contributed by atoms with Gasteiger partial charge in [-0.05, 0) is 19.4 Å². The van der Waals surface area contributed by atoms with Gasteiger partial charge in [-0.15, -0.1) is 0 Å². The molecule has 0 rings (SSSR count). The van der Waals surface area contributed by atoms with Gasteiger partial charge in [0.2, 0.25) is 5.91 Å². The van der Waals surface area contributed by atoms with Crippen molar-refractivity contribution in [3.8, 4) is 0 Å². The van der Waals surface area contributed by atoms with E-state index in [1.807, 2.05) is 0 Å². The van der Waals surface area contributed by atoms with E-state index in [4.69, 9.17) is 10.5 Å². The molecule has 0 aromatic heterocycles. The zero-order chi connectivity index (χ0) is 12.4. The third-order valence-electron chi connectivity index (χ3n) is 2.13. The maximum absolute atomic E-state index is 11.6. The van der Waals surface area contributed by atoms with Gasteiger partial charge in [-0.1, -0.05) is 0 Å². The van der Waals surface area contributed by atoms with Crippen molar-refractivity contribution in [2.75, 3.05) is 45.4 Å². The second-order valence-electron chi connectivity index (χ2n) is 3.59. The van der Waals surface area contributed by atoms with Gasteiger partial charge in [0, 0.05) is 43.9 Å². The van der Waals surface area contributed by atoms with Crippen LogP contribution in [0.2, 0.25) is 0 Å². The highest BCUT2D eigenvalue weighted by atomic mass is 32.2. The van der Waals surface area contributed by atoms with Gasteiger partial charge in [-0.25, -0.2) is 0 Å². The van der Waals surface area contributed by atoms with E-state index in [0.29, 0.717) is 25.4 Å². The summed E-state index contributed by atoms with van der Waals surface area (Å²) in [7, 11) is 2.24. The average molecular weight is 250 g/mol. The molecular formula is C10H22N2O3S. The Labute approximate surface area is 99.8 Å². The average Bonchev–Trinajstić information content (AvgIpc) is 2.26. The summed E-state index contributed by atoms with van der Waals surface area (Å²) >= 11 is 0. The van der Waals surface area contributed by atoms with Crippen molar-refractivity contribution in [2.24, 2.45) is 5.73 Å². The molecule has 0 fully saturated rings. The molecule has 96 valence electrons. The zero-order valence-electron chi connectivity index (χ0n) is 10.1. The lowest BCUT2D eigenvalue weighted by atomic mass is 10.4. The van der Waals surface area contributed by atoms with Gasteiger partial charge in [0.1, 0.15) is 5.75 Å². The number of carbonyl (C=O) groups excluding carboxylic acids is 1. The normalized spacial score (nSPS) is 12.4. The molecule has 0 heterocycles. The van der Waals surface area contributed by atoms with Gasteiger partial charge >= 0.3 is 0 Å². The van der Waals surface area contributed by atoms with Crippen LogP contribution in [0.15, 0.2) is 0 Å². The van der Waals surface area contributed by atoms with E-state index in [9.17, 15) is 9.00 Å². The first-order chi connectivity index (χ1) is 7.61. The highest BCUT2D eigenvalue weighted by Crippen LogP contribution is 1.94. The molecule has 5 nitrogen and oxygen atoms in total. The van der Waals surface area contributed by atoms with Crippen LogP contribution in [-0.4, -0.2) is 60.4 Å². The fourth-order valence-electron chi connectivity index (χ4n) is 1.14. The van der Waals surface area contributed by atoms with Crippen LogP contribution in [0.1, 0.15) is 12.8 Å². The highest BCUT2D eigenvalue weighted by Gasteiger charge is 2.11. The molecular weight excluding hydrogens is 228 g/mol. The van der Waals surface area contributed by atoms with E-state index in [1.54, 1.807) is 19.1 Å². The van der Waals surface area contributed by atoms with Crippen LogP contribution in [-0.2, 0) is 20.3 Å². The molecule has 1 amide bonds. The summed E-state index contributed by atoms with van der Waals surface area (Å²) in [4.78, 5) is 13.1. The SMILES string of the molecule is COCCCS(=O)CC(=O)N(C)CCCN. The standard InChI is InChI=1S/C10H22N2O3S/c1-12(6-3-5-11)10(13)9-16(14)8-4-7-15-2/h3-9,11H2,1-2H3. The third kappa shape index (κ3) is 7.78. The predicted molar refractivity (Wildman–Crippen MR) is 65.7 cm³/mol. The number of nitrogens with zero attached hydrogens (tertiary/aromatic N) is 1. The minimum absolute atomic E-state index is 0.0794. The van der Waals surface area contributed by atoms with Gasteiger partial charge in [0.25, 0.3) is 0 Å². The molecule has 0 aromatic carbocycles. The van der Waals surface area contributed by atoms with Crippen molar-refractivity contribution < 1.29 is 13.7 Å². The van der Waals surface area contributed by atoms with E-state index in [-0.39, 0.29) is 11.7 Å². The molecule has 16 heavy (non-hydrogen) atoms. The van der Waals surface area contributed by atoms with Crippen LogP contribution in [0.4, 0.5) is 0 Å². The topological polar surface area (TPSA) is 72.6 Å². The molecule has 0 aliphatic rings. The summed E-state index contributed by atoms with van der Waals surface area (Å²) in [5.41, 5.74) is 5.35. The van der Waals surface area contributed by atoms with Gasteiger partial charge < -0.3 is 15.4 Å². The monoisotopic (exact) mass is 250 g/mol. The van der Waals surface area contributed by atoms with Crippen LogP contribution >= 0.6 is 0 Å². The Morgan fingerprint density at radius 2 is 2.12 bits per heavy atom. The van der Waals surface area contributed by atoms with Gasteiger partial charge in [0.05, 0.1) is 0 Å². The molecule has 0 aromatic rings. The van der Waals surface area contributed by atoms with Crippen molar-refractivity contribution in [3.63, 3.8) is 0 Å². The molecule has 6 heteroatoms. The molecule has 2 N–H and O–H groups in total. The van der Waals surface area contributed by atoms with Crippen LogP contribution in [0.3, 0.4) is 0 Å². The molecule has 0 saturated carbocycles. The lowest BCUT2D eigenvalue weighted by molar-refractivity contribution is -0.127. The molecule has 0 radical (unpaired) electrons. The van der Waals surface area contributed by atoms with Gasteiger partial charge in [-0.2, -0.15) is 0 Å². The van der Waals surface area contributed by atoms with Crippen molar-refractivity contribution >= 4 is 16.7 Å². The van der Waals surface area contributed by atoms with Crippen LogP contribution in [0.25, 0.3) is 0 Å². The number of ether oxygens (including phenoxy) is 1. The summed E-state index contributed by atoms with van der Waals surface area (Å²) in [6, 6.07) is 0. The van der Waals surface area contributed by atoms with E-state index in [2.05, 4.69) is 0 Å². The molecule has 0 spiro atoms. The Kier molecular flexibility index (Phi) is 9.46. The second-order valence-corrected chi connectivity index (χ2v) is 5.17. The highest BCUT2D eigenvalue weighted by molar-refractivity contribution is 7.85. The number of nitrogens with two attached hydrogens (primary N) is 1. The van der Waals surface area contributed by atoms with Crippen LogP contribution < -0.4 is 5.73 Å². The number of carbonyl (C=O) groups is 1. The van der Waals surface area contributed by atoms with Crippen LogP contribution in [0, 0.1) is 0 Å². The minimum Gasteiger partial charge on any atom is -0.385 e. The molecule has 0 aliphatic heterocycles. The predicted octanol–water partition coefficient (Wildman–Crippen LogP) is -0.421. The molecule has 0 aliphatic carbocycles. The quantitative estimate of drug-likeness (QED) is 0.564. The van der Waals surface area contributed by atoms with Crippen molar-refractivity contribution in [2.45, 2.75) is 12.8 Å². The largest absolute Gasteiger partial charge is 0.385 e. The minimum atomic E-state index is -1.08. The van der Waals surface area contributed by atoms with Crippen molar-refractivity contribution in [1.82, 2.24) is 4.90 Å². The van der Waals surface area contributed by atoms with Gasteiger partial charge in [-0.3, -0.25) is 9.00 Å². The summed E-state index contributed by atoms with van der Waals surface area (Å²) in [6.45, 7) is 1.78. The first-order valence-corrected chi connectivity index (χ1v) is 6.88. The van der Waals surface area contributed by atoms with Crippen LogP contribution in [0.5, 0.6) is 0 Å². The fraction of sp³-hybridized carbons (Fsp3) is 0.900. The van der Waals surface area contributed by atoms with Crippen molar-refractivity contribution in [3.05, 3.63) is 0 Å². The third-order valence-corrected chi connectivity index (χ3v) is 3.44. The molecule has 0 bridgehead atoms. The van der Waals surface area contributed by atoms with E-state index < -0.39 is 10.8 Å². The molecule has 1 unspecified atom stereocenters. The van der Waals surface area contributed by atoms with Gasteiger partial charge in [0.15, 0.2) is 0 Å². The summed E-state index contributed by atoms with van der Waals surface area (Å²) in [5.74, 6) is 0.541. The second kappa shape index (κ2) is 9.74. The Morgan fingerprint density at radius 3 is 2.69 bits per heavy atom. The maximum Gasteiger partial charge on any atom is 0.234 e. The Bertz CT molecular complexity index is 224. The van der Waals surface area contributed by atoms with E-state index >= 15 is 0 Å². The van der Waals surface area contributed by atoms with E-state index in [1.165, 1.54) is 0 Å². The molecule has 0 saturated heterocycles. The number of methoxy groups -OCH3 is 1. The molecule has 1 atom stereocenters. The number of amides is 1. The summed E-state index contributed by atoms with van der Waals surface area (Å²) in [6.07, 6.45) is 1.50. The smallest absolute Gasteiger partial charge is 0.234 e. The lowest BCUT2D eigenvalue weighted by Crippen LogP contribution is -2.33. The fourth-order valence-corrected chi connectivity index (χ4v) is 2.22. The maximum atomic E-state index is 11.6. The number of hydrogen-bond donors (Lipinski definition) is 1. The Hall–Kier alpha value is -0.460. The number of hydrogen-bond acceptors (Lipinski definition) is 4.